The zero-order chi connectivity index (χ0) is 12.6. The van der Waals surface area contributed by atoms with Crippen molar-refractivity contribution < 1.29 is 23.1 Å². The van der Waals surface area contributed by atoms with Gasteiger partial charge in [0, 0.05) is 13.2 Å². The van der Waals surface area contributed by atoms with E-state index in [2.05, 4.69) is 5.32 Å². The molecule has 1 aliphatic rings. The molecular formula is C9H15NO5S. The van der Waals surface area contributed by atoms with E-state index in [0.717, 1.165) is 6.26 Å². The fourth-order valence-corrected chi connectivity index (χ4v) is 3.91. The Labute approximate surface area is 93.9 Å². The van der Waals surface area contributed by atoms with E-state index >= 15 is 0 Å². The van der Waals surface area contributed by atoms with Gasteiger partial charge in [0.2, 0.25) is 5.91 Å². The smallest absolute Gasteiger partial charge is 0.330 e. The maximum atomic E-state index is 11.5. The molecule has 6 nitrogen and oxygen atoms in total. The molecule has 0 heterocycles. The molecular weight excluding hydrogens is 234 g/mol. The van der Waals surface area contributed by atoms with E-state index in [0.29, 0.717) is 6.42 Å². The van der Waals surface area contributed by atoms with Crippen LogP contribution in [0, 0.1) is 0 Å². The number of aliphatic carboxylic acids is 1. The monoisotopic (exact) mass is 249 g/mol. The van der Waals surface area contributed by atoms with Gasteiger partial charge in [-0.3, -0.25) is 4.79 Å². The number of carbonyl (C=O) groups excluding carboxylic acids is 1. The summed E-state index contributed by atoms with van der Waals surface area (Å²) in [5, 5.41) is 10.4. The third-order valence-corrected chi connectivity index (χ3v) is 4.56. The van der Waals surface area contributed by atoms with E-state index in [9.17, 15) is 18.0 Å². The molecule has 7 heteroatoms. The largest absolute Gasteiger partial charge is 0.479 e. The van der Waals surface area contributed by atoms with Crippen LogP contribution in [0.25, 0.3) is 0 Å². The lowest BCUT2D eigenvalue weighted by molar-refractivity contribution is -0.146. The Kier molecular flexibility index (Phi) is 3.27. The quantitative estimate of drug-likeness (QED) is 0.705. The molecule has 1 fully saturated rings. The maximum absolute atomic E-state index is 11.5. The number of hydrogen-bond acceptors (Lipinski definition) is 4. The van der Waals surface area contributed by atoms with Gasteiger partial charge in [-0.2, -0.15) is 0 Å². The van der Waals surface area contributed by atoms with Crippen LogP contribution in [-0.4, -0.2) is 42.4 Å². The van der Waals surface area contributed by atoms with E-state index in [1.165, 1.54) is 6.92 Å². The van der Waals surface area contributed by atoms with E-state index in [1.807, 2.05) is 0 Å². The summed E-state index contributed by atoms with van der Waals surface area (Å²) in [5.41, 5.74) is -1.65. The summed E-state index contributed by atoms with van der Waals surface area (Å²) in [4.78, 5) is 22.2. The lowest BCUT2D eigenvalue weighted by Crippen LogP contribution is -2.60. The number of carboxylic acid groups (broad SMARTS) is 1. The minimum Gasteiger partial charge on any atom is -0.479 e. The molecule has 16 heavy (non-hydrogen) atoms. The van der Waals surface area contributed by atoms with Gasteiger partial charge in [-0.05, 0) is 19.3 Å². The molecule has 0 radical (unpaired) electrons. The lowest BCUT2D eigenvalue weighted by Gasteiger charge is -2.30. The van der Waals surface area contributed by atoms with Crippen molar-refractivity contribution in [1.29, 1.82) is 0 Å². The number of rotatable bonds is 3. The fourth-order valence-electron chi connectivity index (χ4n) is 2.31. The molecule has 0 aliphatic heterocycles. The van der Waals surface area contributed by atoms with Crippen LogP contribution >= 0.6 is 0 Å². The Bertz CT molecular complexity index is 416. The summed E-state index contributed by atoms with van der Waals surface area (Å²) in [6, 6.07) is 0. The van der Waals surface area contributed by atoms with Gasteiger partial charge in [0.1, 0.15) is 0 Å². The van der Waals surface area contributed by atoms with Crippen molar-refractivity contribution in [2.24, 2.45) is 0 Å². The summed E-state index contributed by atoms with van der Waals surface area (Å²) in [5.74, 6) is -1.81. The minimum absolute atomic E-state index is 0.152. The Morgan fingerprint density at radius 1 is 1.44 bits per heavy atom. The second-order valence-corrected chi connectivity index (χ2v) is 6.40. The number of sulfone groups is 1. The van der Waals surface area contributed by atoms with Crippen molar-refractivity contribution in [2.75, 3.05) is 6.26 Å². The van der Waals surface area contributed by atoms with E-state index in [1.54, 1.807) is 0 Å². The Morgan fingerprint density at radius 3 is 2.38 bits per heavy atom. The molecule has 92 valence electrons. The maximum Gasteiger partial charge on any atom is 0.330 e. The first-order chi connectivity index (χ1) is 7.20. The first-order valence-corrected chi connectivity index (χ1v) is 6.86. The highest BCUT2D eigenvalue weighted by Gasteiger charge is 2.54. The average molecular weight is 249 g/mol. The number of nitrogens with one attached hydrogen (secondary N) is 1. The molecule has 0 aromatic carbocycles. The van der Waals surface area contributed by atoms with Gasteiger partial charge in [0.15, 0.2) is 15.4 Å². The molecule has 1 saturated carbocycles. The van der Waals surface area contributed by atoms with E-state index < -0.39 is 32.5 Å². The van der Waals surface area contributed by atoms with Crippen molar-refractivity contribution in [3.63, 3.8) is 0 Å². The molecule has 0 spiro atoms. The SMILES string of the molecule is CC(=O)NC1(C(=O)O)CCCC1S(C)(=O)=O. The highest BCUT2D eigenvalue weighted by Crippen LogP contribution is 2.35. The zero-order valence-electron chi connectivity index (χ0n) is 9.19. The summed E-state index contributed by atoms with van der Waals surface area (Å²) < 4.78 is 23.0. The van der Waals surface area contributed by atoms with Crippen molar-refractivity contribution in [3.8, 4) is 0 Å². The Morgan fingerprint density at radius 2 is 2.00 bits per heavy atom. The summed E-state index contributed by atoms with van der Waals surface area (Å²) in [6.07, 6.45) is 1.90. The second kappa shape index (κ2) is 4.04. The van der Waals surface area contributed by atoms with Gasteiger partial charge in [-0.1, -0.05) is 0 Å². The van der Waals surface area contributed by atoms with Crippen molar-refractivity contribution in [1.82, 2.24) is 5.32 Å². The minimum atomic E-state index is -3.50. The van der Waals surface area contributed by atoms with E-state index in [-0.39, 0.29) is 12.8 Å². The number of carbonyl (C=O) groups is 2. The first kappa shape index (κ1) is 13.0. The van der Waals surface area contributed by atoms with Crippen LogP contribution in [0.3, 0.4) is 0 Å². The second-order valence-electron chi connectivity index (χ2n) is 4.17. The molecule has 0 saturated heterocycles. The van der Waals surface area contributed by atoms with Crippen LogP contribution in [0.4, 0.5) is 0 Å². The molecule has 2 atom stereocenters. The Balaban J connectivity index is 3.19. The third kappa shape index (κ3) is 2.18. The van der Waals surface area contributed by atoms with Gasteiger partial charge in [-0.15, -0.1) is 0 Å². The molecule has 2 unspecified atom stereocenters. The fraction of sp³-hybridized carbons (Fsp3) is 0.778. The van der Waals surface area contributed by atoms with Crippen molar-refractivity contribution >= 4 is 21.7 Å². The molecule has 1 aliphatic carbocycles. The van der Waals surface area contributed by atoms with Gasteiger partial charge >= 0.3 is 5.97 Å². The number of amides is 1. The van der Waals surface area contributed by atoms with Crippen molar-refractivity contribution in [2.45, 2.75) is 37.0 Å². The highest BCUT2D eigenvalue weighted by molar-refractivity contribution is 7.91. The van der Waals surface area contributed by atoms with Gasteiger partial charge in [0.05, 0.1) is 5.25 Å². The zero-order valence-corrected chi connectivity index (χ0v) is 10.0. The molecule has 0 bridgehead atoms. The summed E-state index contributed by atoms with van der Waals surface area (Å²) in [6.45, 7) is 1.18. The molecule has 0 aromatic rings. The molecule has 2 N–H and O–H groups in total. The third-order valence-electron chi connectivity index (χ3n) is 2.88. The Hall–Kier alpha value is -1.11. The average Bonchev–Trinajstić information content (AvgIpc) is 2.46. The molecule has 0 aromatic heterocycles. The van der Waals surface area contributed by atoms with Crippen LogP contribution in [0.15, 0.2) is 0 Å². The number of carboxylic acids is 1. The van der Waals surface area contributed by atoms with Crippen LogP contribution in [0.5, 0.6) is 0 Å². The lowest BCUT2D eigenvalue weighted by atomic mass is 9.97. The topological polar surface area (TPSA) is 101 Å². The first-order valence-electron chi connectivity index (χ1n) is 4.91. The van der Waals surface area contributed by atoms with Gasteiger partial charge in [-0.25, -0.2) is 13.2 Å². The number of hydrogen-bond donors (Lipinski definition) is 2. The van der Waals surface area contributed by atoms with Crippen LogP contribution in [0.2, 0.25) is 0 Å². The van der Waals surface area contributed by atoms with Crippen LogP contribution < -0.4 is 5.32 Å². The predicted molar refractivity (Wildman–Crippen MR) is 56.7 cm³/mol. The molecule has 1 rings (SSSR count). The standard InChI is InChI=1S/C9H15NO5S/c1-6(11)10-9(8(12)13)5-3-4-7(9)16(2,14)15/h7H,3-5H2,1-2H3,(H,10,11)(H,12,13). The highest BCUT2D eigenvalue weighted by atomic mass is 32.2. The summed E-state index contributed by atoms with van der Waals surface area (Å²) >= 11 is 0. The van der Waals surface area contributed by atoms with Crippen LogP contribution in [-0.2, 0) is 19.4 Å². The molecule has 1 amide bonds. The summed E-state index contributed by atoms with van der Waals surface area (Å²) in [7, 11) is -3.50. The van der Waals surface area contributed by atoms with Gasteiger partial charge in [0.25, 0.3) is 0 Å². The van der Waals surface area contributed by atoms with Gasteiger partial charge < -0.3 is 10.4 Å². The van der Waals surface area contributed by atoms with E-state index in [4.69, 9.17) is 5.11 Å². The van der Waals surface area contributed by atoms with Crippen molar-refractivity contribution in [3.05, 3.63) is 0 Å². The predicted octanol–water partition coefficient (Wildman–Crippen LogP) is -0.457. The normalized spacial score (nSPS) is 30.0. The van der Waals surface area contributed by atoms with Crippen LogP contribution in [0.1, 0.15) is 26.2 Å².